The number of benzene rings is 1. The lowest BCUT2D eigenvalue weighted by molar-refractivity contribution is 0.0950. The van der Waals surface area contributed by atoms with Crippen molar-refractivity contribution in [3.05, 3.63) is 78.2 Å². The first-order valence-corrected chi connectivity index (χ1v) is 6.61. The van der Waals surface area contributed by atoms with E-state index in [4.69, 9.17) is 0 Å². The first-order chi connectivity index (χ1) is 10.3. The molecule has 3 aromatic rings. The van der Waals surface area contributed by atoms with E-state index in [9.17, 15) is 4.79 Å². The summed E-state index contributed by atoms with van der Waals surface area (Å²) < 4.78 is 1.64. The van der Waals surface area contributed by atoms with Crippen LogP contribution in [-0.2, 0) is 6.54 Å². The molecule has 0 aliphatic rings. The van der Waals surface area contributed by atoms with E-state index in [-0.39, 0.29) is 5.91 Å². The first kappa shape index (κ1) is 13.1. The van der Waals surface area contributed by atoms with Crippen LogP contribution < -0.4 is 5.32 Å². The van der Waals surface area contributed by atoms with Gasteiger partial charge >= 0.3 is 0 Å². The third-order valence-corrected chi connectivity index (χ3v) is 3.05. The maximum Gasteiger partial charge on any atom is 0.253 e. The molecule has 0 spiro atoms. The van der Waals surface area contributed by atoms with E-state index in [2.05, 4.69) is 15.4 Å². The molecule has 2 aromatic heterocycles. The van der Waals surface area contributed by atoms with Crippen molar-refractivity contribution in [1.29, 1.82) is 0 Å². The van der Waals surface area contributed by atoms with Gasteiger partial charge in [0.1, 0.15) is 0 Å². The summed E-state index contributed by atoms with van der Waals surface area (Å²) >= 11 is 0. The molecule has 0 aliphatic heterocycles. The molecule has 21 heavy (non-hydrogen) atoms. The van der Waals surface area contributed by atoms with Crippen molar-refractivity contribution in [2.45, 2.75) is 6.54 Å². The van der Waals surface area contributed by atoms with Crippen LogP contribution in [0.15, 0.2) is 67.1 Å². The van der Waals surface area contributed by atoms with Crippen LogP contribution in [0.25, 0.3) is 5.82 Å². The van der Waals surface area contributed by atoms with Gasteiger partial charge in [-0.15, -0.1) is 0 Å². The van der Waals surface area contributed by atoms with Gasteiger partial charge < -0.3 is 5.32 Å². The first-order valence-electron chi connectivity index (χ1n) is 6.61. The molecule has 1 aromatic carbocycles. The van der Waals surface area contributed by atoms with Crippen LogP contribution in [0, 0.1) is 0 Å². The van der Waals surface area contributed by atoms with Crippen molar-refractivity contribution in [3.63, 3.8) is 0 Å². The maximum atomic E-state index is 12.0. The van der Waals surface area contributed by atoms with Crippen LogP contribution in [0.2, 0.25) is 0 Å². The van der Waals surface area contributed by atoms with Gasteiger partial charge in [-0.1, -0.05) is 30.3 Å². The summed E-state index contributed by atoms with van der Waals surface area (Å²) in [6.07, 6.45) is 5.04. The zero-order valence-corrected chi connectivity index (χ0v) is 11.3. The number of rotatable bonds is 4. The largest absolute Gasteiger partial charge is 0.348 e. The SMILES string of the molecule is O=C(NCc1ccccc1)c1ccc(-n2cccn2)nc1. The number of carbonyl (C=O) groups is 1. The number of aromatic nitrogens is 3. The maximum absolute atomic E-state index is 12.0. The Kier molecular flexibility index (Phi) is 3.73. The van der Waals surface area contributed by atoms with E-state index < -0.39 is 0 Å². The molecular weight excluding hydrogens is 264 g/mol. The van der Waals surface area contributed by atoms with Gasteiger partial charge in [0, 0.05) is 25.1 Å². The topological polar surface area (TPSA) is 59.8 Å². The van der Waals surface area contributed by atoms with Gasteiger partial charge in [0.15, 0.2) is 5.82 Å². The van der Waals surface area contributed by atoms with E-state index in [0.717, 1.165) is 5.56 Å². The fourth-order valence-electron chi connectivity index (χ4n) is 1.94. The normalized spacial score (nSPS) is 10.3. The van der Waals surface area contributed by atoms with Crippen LogP contribution in [0.5, 0.6) is 0 Å². The van der Waals surface area contributed by atoms with E-state index in [1.54, 1.807) is 35.4 Å². The Balaban J connectivity index is 1.65. The third kappa shape index (κ3) is 3.14. The zero-order valence-electron chi connectivity index (χ0n) is 11.3. The standard InChI is InChI=1S/C16H14N4O/c21-16(18-11-13-5-2-1-3-6-13)14-7-8-15(17-12-14)20-10-4-9-19-20/h1-10,12H,11H2,(H,18,21). The highest BCUT2D eigenvalue weighted by molar-refractivity contribution is 5.93. The number of nitrogens with zero attached hydrogens (tertiary/aromatic N) is 3. The third-order valence-electron chi connectivity index (χ3n) is 3.05. The Bertz CT molecular complexity index is 706. The van der Waals surface area contributed by atoms with Gasteiger partial charge in [-0.25, -0.2) is 9.67 Å². The molecule has 5 nitrogen and oxygen atoms in total. The minimum Gasteiger partial charge on any atom is -0.348 e. The van der Waals surface area contributed by atoms with Crippen molar-refractivity contribution in [1.82, 2.24) is 20.1 Å². The number of hydrogen-bond donors (Lipinski definition) is 1. The van der Waals surface area contributed by atoms with Gasteiger partial charge in [-0.05, 0) is 23.8 Å². The Labute approximate surface area is 122 Å². The highest BCUT2D eigenvalue weighted by Gasteiger charge is 2.06. The molecule has 1 N–H and O–H groups in total. The van der Waals surface area contributed by atoms with E-state index in [1.165, 1.54) is 0 Å². The molecule has 0 radical (unpaired) electrons. The Morgan fingerprint density at radius 1 is 1.10 bits per heavy atom. The summed E-state index contributed by atoms with van der Waals surface area (Å²) in [5.41, 5.74) is 1.59. The fourth-order valence-corrected chi connectivity index (χ4v) is 1.94. The second-order valence-electron chi connectivity index (χ2n) is 4.52. The Hall–Kier alpha value is -2.95. The van der Waals surface area contributed by atoms with E-state index >= 15 is 0 Å². The number of nitrogens with one attached hydrogen (secondary N) is 1. The van der Waals surface area contributed by atoms with Crippen molar-refractivity contribution >= 4 is 5.91 Å². The predicted molar refractivity (Wildman–Crippen MR) is 79.0 cm³/mol. The lowest BCUT2D eigenvalue weighted by Crippen LogP contribution is -2.23. The average Bonchev–Trinajstić information content (AvgIpc) is 3.08. The van der Waals surface area contributed by atoms with E-state index in [0.29, 0.717) is 17.9 Å². The number of pyridine rings is 1. The van der Waals surface area contributed by atoms with E-state index in [1.807, 2.05) is 36.4 Å². The number of amides is 1. The highest BCUT2D eigenvalue weighted by Crippen LogP contribution is 2.05. The quantitative estimate of drug-likeness (QED) is 0.796. The number of hydrogen-bond acceptors (Lipinski definition) is 3. The summed E-state index contributed by atoms with van der Waals surface area (Å²) in [4.78, 5) is 16.3. The number of carbonyl (C=O) groups excluding carboxylic acids is 1. The second-order valence-corrected chi connectivity index (χ2v) is 4.52. The molecule has 0 unspecified atom stereocenters. The van der Waals surface area contributed by atoms with Gasteiger partial charge in [0.25, 0.3) is 5.91 Å². The molecular formula is C16H14N4O. The molecule has 0 saturated carbocycles. The van der Waals surface area contributed by atoms with Crippen LogP contribution in [0.4, 0.5) is 0 Å². The van der Waals surface area contributed by atoms with Crippen molar-refractivity contribution in [2.75, 3.05) is 0 Å². The van der Waals surface area contributed by atoms with Crippen molar-refractivity contribution in [3.8, 4) is 5.82 Å². The molecule has 2 heterocycles. The molecule has 0 aliphatic carbocycles. The highest BCUT2D eigenvalue weighted by atomic mass is 16.1. The molecule has 0 bridgehead atoms. The van der Waals surface area contributed by atoms with Gasteiger partial charge in [0.2, 0.25) is 0 Å². The fraction of sp³-hybridized carbons (Fsp3) is 0.0625. The lowest BCUT2D eigenvalue weighted by atomic mass is 10.2. The molecule has 0 saturated heterocycles. The summed E-state index contributed by atoms with van der Waals surface area (Å²) in [7, 11) is 0. The average molecular weight is 278 g/mol. The summed E-state index contributed by atoms with van der Waals surface area (Å²) in [5.74, 6) is 0.540. The minimum atomic E-state index is -0.140. The summed E-state index contributed by atoms with van der Waals surface area (Å²) in [6, 6.07) is 15.1. The lowest BCUT2D eigenvalue weighted by Gasteiger charge is -2.06. The Morgan fingerprint density at radius 3 is 2.62 bits per heavy atom. The monoisotopic (exact) mass is 278 g/mol. The van der Waals surface area contributed by atoms with Gasteiger partial charge in [0.05, 0.1) is 5.56 Å². The zero-order chi connectivity index (χ0) is 14.5. The molecule has 5 heteroatoms. The summed E-state index contributed by atoms with van der Waals surface area (Å²) in [5, 5.41) is 6.96. The molecule has 1 amide bonds. The van der Waals surface area contributed by atoms with Crippen LogP contribution >= 0.6 is 0 Å². The van der Waals surface area contributed by atoms with Crippen LogP contribution in [0.1, 0.15) is 15.9 Å². The molecule has 3 rings (SSSR count). The van der Waals surface area contributed by atoms with Gasteiger partial charge in [-0.2, -0.15) is 5.10 Å². The second kappa shape index (κ2) is 6.00. The summed E-state index contributed by atoms with van der Waals surface area (Å²) in [6.45, 7) is 0.501. The van der Waals surface area contributed by atoms with Crippen molar-refractivity contribution in [2.24, 2.45) is 0 Å². The molecule has 104 valence electrons. The smallest absolute Gasteiger partial charge is 0.253 e. The van der Waals surface area contributed by atoms with Crippen molar-refractivity contribution < 1.29 is 4.79 Å². The minimum absolute atomic E-state index is 0.140. The van der Waals surface area contributed by atoms with Gasteiger partial charge in [-0.3, -0.25) is 4.79 Å². The predicted octanol–water partition coefficient (Wildman–Crippen LogP) is 2.20. The van der Waals surface area contributed by atoms with Crippen LogP contribution in [-0.4, -0.2) is 20.7 Å². The molecule has 0 atom stereocenters. The molecule has 0 fully saturated rings. The Morgan fingerprint density at radius 2 is 1.95 bits per heavy atom. The van der Waals surface area contributed by atoms with Crippen LogP contribution in [0.3, 0.4) is 0 Å².